The Kier molecular flexibility index (Phi) is 5.42. The Morgan fingerprint density at radius 2 is 2.04 bits per heavy atom. The van der Waals surface area contributed by atoms with Gasteiger partial charge in [-0.1, -0.05) is 27.3 Å². The van der Waals surface area contributed by atoms with Gasteiger partial charge in [0.15, 0.2) is 5.13 Å². The van der Waals surface area contributed by atoms with Gasteiger partial charge < -0.3 is 10.1 Å². The first-order chi connectivity index (χ1) is 11.6. The Morgan fingerprint density at radius 3 is 2.83 bits per heavy atom. The number of carbonyl (C=O) groups is 1. The highest BCUT2D eigenvalue weighted by Crippen LogP contribution is 2.26. The van der Waals surface area contributed by atoms with E-state index in [0.29, 0.717) is 34.8 Å². The van der Waals surface area contributed by atoms with Crippen molar-refractivity contribution in [3.05, 3.63) is 52.8 Å². The standard InChI is InChI=1S/C17H14BrFN2O2S/c18-11-3-6-13(7-4-11)23-9-1-2-16(22)21-17-20-14-8-5-12(19)10-15(14)24-17/h3-8,10H,1-2,9H2,(H,20,21,22). The zero-order valence-corrected chi connectivity index (χ0v) is 15.0. The molecule has 0 fully saturated rings. The first-order valence-corrected chi connectivity index (χ1v) is 8.95. The number of amides is 1. The van der Waals surface area contributed by atoms with E-state index in [2.05, 4.69) is 26.2 Å². The fraction of sp³-hybridized carbons (Fsp3) is 0.176. The van der Waals surface area contributed by atoms with Crippen LogP contribution in [0.3, 0.4) is 0 Å². The van der Waals surface area contributed by atoms with Crippen molar-refractivity contribution < 1.29 is 13.9 Å². The first kappa shape index (κ1) is 16.9. The van der Waals surface area contributed by atoms with Crippen molar-refractivity contribution in [3.63, 3.8) is 0 Å². The van der Waals surface area contributed by atoms with E-state index < -0.39 is 0 Å². The molecule has 0 unspecified atom stereocenters. The molecule has 1 N–H and O–H groups in total. The maximum atomic E-state index is 13.2. The average molecular weight is 409 g/mol. The second kappa shape index (κ2) is 7.72. The molecule has 7 heteroatoms. The van der Waals surface area contributed by atoms with Crippen molar-refractivity contribution in [3.8, 4) is 5.75 Å². The van der Waals surface area contributed by atoms with Crippen LogP contribution in [-0.4, -0.2) is 17.5 Å². The Labute approximate surface area is 150 Å². The highest BCUT2D eigenvalue weighted by atomic mass is 79.9. The van der Waals surface area contributed by atoms with E-state index in [9.17, 15) is 9.18 Å². The van der Waals surface area contributed by atoms with E-state index in [1.165, 1.54) is 23.5 Å². The number of halogens is 2. The number of hydrogen-bond donors (Lipinski definition) is 1. The molecule has 0 aliphatic heterocycles. The molecular formula is C17H14BrFN2O2S. The quantitative estimate of drug-likeness (QED) is 0.584. The summed E-state index contributed by atoms with van der Waals surface area (Å²) in [6.07, 6.45) is 0.933. The number of fused-ring (bicyclic) bond motifs is 1. The molecule has 1 amide bonds. The summed E-state index contributed by atoms with van der Waals surface area (Å²) >= 11 is 4.62. The van der Waals surface area contributed by atoms with Gasteiger partial charge in [-0.25, -0.2) is 9.37 Å². The van der Waals surface area contributed by atoms with Gasteiger partial charge in [0.25, 0.3) is 0 Å². The van der Waals surface area contributed by atoms with Gasteiger partial charge in [0.2, 0.25) is 5.91 Å². The number of ether oxygens (including phenoxy) is 1. The number of aromatic nitrogens is 1. The van der Waals surface area contributed by atoms with Crippen LogP contribution in [0.4, 0.5) is 9.52 Å². The Morgan fingerprint density at radius 1 is 1.25 bits per heavy atom. The number of thiazole rings is 1. The van der Waals surface area contributed by atoms with E-state index in [4.69, 9.17) is 4.74 Å². The molecule has 1 aromatic heterocycles. The summed E-state index contributed by atoms with van der Waals surface area (Å²) in [6.45, 7) is 0.458. The van der Waals surface area contributed by atoms with Gasteiger partial charge in [-0.2, -0.15) is 0 Å². The molecule has 124 valence electrons. The second-order valence-electron chi connectivity index (χ2n) is 5.09. The minimum absolute atomic E-state index is 0.131. The van der Waals surface area contributed by atoms with Crippen molar-refractivity contribution in [2.75, 3.05) is 11.9 Å². The molecule has 24 heavy (non-hydrogen) atoms. The van der Waals surface area contributed by atoms with Gasteiger partial charge in [0, 0.05) is 10.9 Å². The summed E-state index contributed by atoms with van der Waals surface area (Å²) in [5.74, 6) is 0.329. The average Bonchev–Trinajstić information content (AvgIpc) is 2.94. The van der Waals surface area contributed by atoms with Crippen molar-refractivity contribution in [1.82, 2.24) is 4.98 Å². The predicted molar refractivity (Wildman–Crippen MR) is 97.1 cm³/mol. The van der Waals surface area contributed by atoms with Crippen molar-refractivity contribution in [2.24, 2.45) is 0 Å². The minimum atomic E-state index is -0.311. The maximum Gasteiger partial charge on any atom is 0.226 e. The normalized spacial score (nSPS) is 10.8. The summed E-state index contributed by atoms with van der Waals surface area (Å²) in [6, 6.07) is 11.9. The molecule has 0 atom stereocenters. The molecule has 0 aliphatic carbocycles. The van der Waals surface area contributed by atoms with Crippen LogP contribution >= 0.6 is 27.3 Å². The Balaban J connectivity index is 1.45. The lowest BCUT2D eigenvalue weighted by atomic mass is 10.3. The van der Waals surface area contributed by atoms with Crippen LogP contribution in [0.1, 0.15) is 12.8 Å². The molecule has 3 rings (SSSR count). The van der Waals surface area contributed by atoms with Gasteiger partial charge in [0.05, 0.1) is 16.8 Å². The Bertz CT molecular complexity index is 851. The molecule has 2 aromatic carbocycles. The fourth-order valence-electron chi connectivity index (χ4n) is 2.09. The summed E-state index contributed by atoms with van der Waals surface area (Å²) in [7, 11) is 0. The third kappa shape index (κ3) is 4.52. The van der Waals surface area contributed by atoms with Crippen LogP contribution in [-0.2, 0) is 4.79 Å². The van der Waals surface area contributed by atoms with E-state index in [1.54, 1.807) is 6.07 Å². The van der Waals surface area contributed by atoms with Crippen molar-refractivity contribution in [1.29, 1.82) is 0 Å². The molecular weight excluding hydrogens is 395 g/mol. The van der Waals surface area contributed by atoms with Crippen LogP contribution in [0.5, 0.6) is 5.75 Å². The highest BCUT2D eigenvalue weighted by Gasteiger charge is 2.08. The molecule has 1 heterocycles. The van der Waals surface area contributed by atoms with Crippen LogP contribution in [0.25, 0.3) is 10.2 Å². The first-order valence-electron chi connectivity index (χ1n) is 7.34. The lowest BCUT2D eigenvalue weighted by Gasteiger charge is -2.06. The molecule has 0 saturated carbocycles. The number of carbonyl (C=O) groups excluding carboxylic acids is 1. The number of rotatable bonds is 6. The summed E-state index contributed by atoms with van der Waals surface area (Å²) in [4.78, 5) is 16.2. The zero-order chi connectivity index (χ0) is 16.9. The third-order valence-electron chi connectivity index (χ3n) is 3.23. The van der Waals surface area contributed by atoms with Crippen LogP contribution in [0.2, 0.25) is 0 Å². The smallest absolute Gasteiger partial charge is 0.226 e. The number of benzene rings is 2. The largest absolute Gasteiger partial charge is 0.494 e. The van der Waals surface area contributed by atoms with Crippen molar-refractivity contribution in [2.45, 2.75) is 12.8 Å². The van der Waals surface area contributed by atoms with E-state index >= 15 is 0 Å². The molecule has 0 radical (unpaired) electrons. The molecule has 0 bridgehead atoms. The van der Waals surface area contributed by atoms with Gasteiger partial charge in [-0.05, 0) is 48.9 Å². The molecule has 0 spiro atoms. The van der Waals surface area contributed by atoms with Crippen LogP contribution < -0.4 is 10.1 Å². The Hall–Kier alpha value is -1.99. The second-order valence-corrected chi connectivity index (χ2v) is 7.03. The van der Waals surface area contributed by atoms with Crippen LogP contribution in [0, 0.1) is 5.82 Å². The van der Waals surface area contributed by atoms with Gasteiger partial charge >= 0.3 is 0 Å². The monoisotopic (exact) mass is 408 g/mol. The maximum absolute atomic E-state index is 13.2. The minimum Gasteiger partial charge on any atom is -0.494 e. The summed E-state index contributed by atoms with van der Waals surface area (Å²) < 4.78 is 20.4. The summed E-state index contributed by atoms with van der Waals surface area (Å²) in [5.41, 5.74) is 0.676. The lowest BCUT2D eigenvalue weighted by molar-refractivity contribution is -0.116. The highest BCUT2D eigenvalue weighted by molar-refractivity contribution is 9.10. The number of nitrogens with one attached hydrogen (secondary N) is 1. The van der Waals surface area contributed by atoms with Gasteiger partial charge in [-0.3, -0.25) is 4.79 Å². The number of anilines is 1. The molecule has 0 aliphatic rings. The van der Waals surface area contributed by atoms with Crippen molar-refractivity contribution >= 4 is 48.5 Å². The van der Waals surface area contributed by atoms with Crippen LogP contribution in [0.15, 0.2) is 46.9 Å². The van der Waals surface area contributed by atoms with E-state index in [0.717, 1.165) is 10.2 Å². The summed E-state index contributed by atoms with van der Waals surface area (Å²) in [5, 5.41) is 3.22. The van der Waals surface area contributed by atoms with E-state index in [1.807, 2.05) is 24.3 Å². The predicted octanol–water partition coefficient (Wildman–Crippen LogP) is 5.00. The number of nitrogens with zero attached hydrogens (tertiary/aromatic N) is 1. The molecule has 4 nitrogen and oxygen atoms in total. The number of hydrogen-bond acceptors (Lipinski definition) is 4. The SMILES string of the molecule is O=C(CCCOc1ccc(Br)cc1)Nc1nc2ccc(F)cc2s1. The van der Waals surface area contributed by atoms with Gasteiger partial charge in [-0.15, -0.1) is 0 Å². The van der Waals surface area contributed by atoms with Gasteiger partial charge in [0.1, 0.15) is 11.6 Å². The molecule has 0 saturated heterocycles. The van der Waals surface area contributed by atoms with E-state index in [-0.39, 0.29) is 11.7 Å². The molecule has 3 aromatic rings. The fourth-order valence-corrected chi connectivity index (χ4v) is 3.26. The topological polar surface area (TPSA) is 51.2 Å². The lowest BCUT2D eigenvalue weighted by Crippen LogP contribution is -2.12. The zero-order valence-electron chi connectivity index (χ0n) is 12.6. The third-order valence-corrected chi connectivity index (χ3v) is 4.69.